The van der Waals surface area contributed by atoms with Crippen LogP contribution in [0.15, 0.2) is 49.1 Å². The van der Waals surface area contributed by atoms with Crippen LogP contribution >= 0.6 is 0 Å². The number of carbonyl (C=O) groups excluding carboxylic acids is 1. The minimum Gasteiger partial charge on any atom is -0.396 e. The van der Waals surface area contributed by atoms with Crippen molar-refractivity contribution < 1.29 is 9.90 Å². The molecule has 0 aliphatic carbocycles. The van der Waals surface area contributed by atoms with Crippen LogP contribution in [0, 0.1) is 11.3 Å². The van der Waals surface area contributed by atoms with Crippen LogP contribution in [0.3, 0.4) is 0 Å². The number of aliphatic hydroxyl groups is 1. The van der Waals surface area contributed by atoms with Gasteiger partial charge in [-0.15, -0.1) is 0 Å². The molecule has 2 aliphatic heterocycles. The Labute approximate surface area is 166 Å². The van der Waals surface area contributed by atoms with Gasteiger partial charge >= 0.3 is 0 Å². The molecule has 2 aromatic heterocycles. The Morgan fingerprint density at radius 3 is 2.50 bits per heavy atom. The van der Waals surface area contributed by atoms with Gasteiger partial charge in [0.25, 0.3) is 5.91 Å². The highest BCUT2D eigenvalue weighted by atomic mass is 16.3. The van der Waals surface area contributed by atoms with Crippen molar-refractivity contribution in [2.45, 2.75) is 25.8 Å². The second-order valence-electron chi connectivity index (χ2n) is 8.12. The topological polar surface area (TPSA) is 69.6 Å². The van der Waals surface area contributed by atoms with Gasteiger partial charge in [0.1, 0.15) is 0 Å². The smallest absolute Gasteiger partial charge is 0.253 e. The number of amides is 1. The van der Waals surface area contributed by atoms with E-state index in [0.717, 1.165) is 45.4 Å². The number of aliphatic hydroxyl groups excluding tert-OH is 1. The second kappa shape index (κ2) is 8.37. The van der Waals surface area contributed by atoms with E-state index in [1.54, 1.807) is 24.5 Å². The lowest BCUT2D eigenvalue weighted by Gasteiger charge is -2.51. The van der Waals surface area contributed by atoms with Crippen molar-refractivity contribution in [3.05, 3.63) is 60.2 Å². The van der Waals surface area contributed by atoms with Gasteiger partial charge < -0.3 is 10.0 Å². The van der Waals surface area contributed by atoms with E-state index in [0.29, 0.717) is 12.1 Å². The largest absolute Gasteiger partial charge is 0.396 e. The van der Waals surface area contributed by atoms with Crippen LogP contribution in [0.2, 0.25) is 0 Å². The summed E-state index contributed by atoms with van der Waals surface area (Å²) in [5, 5.41) is 10.1. The van der Waals surface area contributed by atoms with Crippen LogP contribution in [-0.4, -0.2) is 63.6 Å². The molecule has 6 nitrogen and oxygen atoms in total. The summed E-state index contributed by atoms with van der Waals surface area (Å²) >= 11 is 0. The van der Waals surface area contributed by atoms with Crippen molar-refractivity contribution >= 4 is 5.91 Å². The van der Waals surface area contributed by atoms with Crippen LogP contribution in [0.4, 0.5) is 0 Å². The lowest BCUT2D eigenvalue weighted by atomic mass is 9.64. The van der Waals surface area contributed by atoms with E-state index in [1.807, 2.05) is 23.4 Å². The predicted molar refractivity (Wildman–Crippen MR) is 107 cm³/mol. The minimum absolute atomic E-state index is 0.0460. The van der Waals surface area contributed by atoms with E-state index >= 15 is 0 Å². The molecule has 4 heterocycles. The van der Waals surface area contributed by atoms with Crippen LogP contribution in [0.1, 0.15) is 35.2 Å². The average Bonchev–Trinajstić information content (AvgIpc) is 2.76. The molecule has 2 aliphatic rings. The van der Waals surface area contributed by atoms with Gasteiger partial charge in [-0.2, -0.15) is 0 Å². The quantitative estimate of drug-likeness (QED) is 0.881. The van der Waals surface area contributed by atoms with E-state index < -0.39 is 0 Å². The zero-order valence-electron chi connectivity index (χ0n) is 16.2. The third-order valence-corrected chi connectivity index (χ3v) is 6.60. The Morgan fingerprint density at radius 2 is 1.82 bits per heavy atom. The SMILES string of the molecule is O=C(c1ccncc1)N1CCC2(CCN(Cc3cccnc3)CC2)C(CO)C1. The van der Waals surface area contributed by atoms with Crippen molar-refractivity contribution in [3.63, 3.8) is 0 Å². The molecular weight excluding hydrogens is 352 g/mol. The van der Waals surface area contributed by atoms with Crippen molar-refractivity contribution in [1.82, 2.24) is 19.8 Å². The Bertz CT molecular complexity index is 776. The lowest BCUT2D eigenvalue weighted by molar-refractivity contribution is -0.0365. The molecule has 148 valence electrons. The van der Waals surface area contributed by atoms with E-state index in [1.165, 1.54) is 5.56 Å². The molecule has 2 fully saturated rings. The van der Waals surface area contributed by atoms with Gasteiger partial charge in [0.15, 0.2) is 0 Å². The van der Waals surface area contributed by atoms with Crippen molar-refractivity contribution in [3.8, 4) is 0 Å². The molecule has 1 spiro atoms. The van der Waals surface area contributed by atoms with Crippen molar-refractivity contribution in [2.75, 3.05) is 32.8 Å². The molecule has 1 N–H and O–H groups in total. The second-order valence-corrected chi connectivity index (χ2v) is 8.12. The number of pyridine rings is 2. The van der Waals surface area contributed by atoms with Gasteiger partial charge in [0.2, 0.25) is 0 Å². The number of hydrogen-bond donors (Lipinski definition) is 1. The summed E-state index contributed by atoms with van der Waals surface area (Å²) in [4.78, 5) is 25.4. The highest BCUT2D eigenvalue weighted by Gasteiger charge is 2.45. The predicted octanol–water partition coefficient (Wildman–Crippen LogP) is 2.21. The molecule has 2 saturated heterocycles. The van der Waals surface area contributed by atoms with E-state index in [9.17, 15) is 9.90 Å². The third-order valence-electron chi connectivity index (χ3n) is 6.60. The molecule has 6 heteroatoms. The maximum absolute atomic E-state index is 12.8. The first-order chi connectivity index (χ1) is 13.7. The molecule has 0 radical (unpaired) electrons. The van der Waals surface area contributed by atoms with Crippen LogP contribution < -0.4 is 0 Å². The maximum Gasteiger partial charge on any atom is 0.253 e. The van der Waals surface area contributed by atoms with Gasteiger partial charge in [0.05, 0.1) is 0 Å². The number of nitrogens with zero attached hydrogens (tertiary/aromatic N) is 4. The van der Waals surface area contributed by atoms with Gasteiger partial charge in [-0.3, -0.25) is 19.7 Å². The van der Waals surface area contributed by atoms with Crippen LogP contribution in [0.25, 0.3) is 0 Å². The first-order valence-electron chi connectivity index (χ1n) is 10.1. The third kappa shape index (κ3) is 3.93. The summed E-state index contributed by atoms with van der Waals surface area (Å²) in [6.45, 7) is 4.54. The van der Waals surface area contributed by atoms with Crippen LogP contribution in [-0.2, 0) is 6.54 Å². The standard InChI is InChI=1S/C22H28N4O2/c27-17-20-16-26(21(28)19-3-9-23-10-4-19)13-7-22(20)5-11-25(12-6-22)15-18-2-1-8-24-14-18/h1-4,8-10,14,20,27H,5-7,11-13,15-17H2. The fourth-order valence-corrected chi connectivity index (χ4v) is 4.79. The maximum atomic E-state index is 12.8. The average molecular weight is 380 g/mol. The van der Waals surface area contributed by atoms with E-state index in [4.69, 9.17) is 0 Å². The Kier molecular flexibility index (Phi) is 5.69. The summed E-state index contributed by atoms with van der Waals surface area (Å²) in [7, 11) is 0. The van der Waals surface area contributed by atoms with E-state index in [-0.39, 0.29) is 23.8 Å². The van der Waals surface area contributed by atoms with Crippen LogP contribution in [0.5, 0.6) is 0 Å². The van der Waals surface area contributed by atoms with Gasteiger partial charge in [-0.1, -0.05) is 6.07 Å². The molecule has 1 unspecified atom stereocenters. The molecule has 1 amide bonds. The fourth-order valence-electron chi connectivity index (χ4n) is 4.79. The summed E-state index contributed by atoms with van der Waals surface area (Å²) in [6, 6.07) is 7.63. The Hall–Kier alpha value is -2.31. The van der Waals surface area contributed by atoms with Crippen molar-refractivity contribution in [2.24, 2.45) is 11.3 Å². The molecule has 28 heavy (non-hydrogen) atoms. The molecule has 0 aromatic carbocycles. The summed E-state index contributed by atoms with van der Waals surface area (Å²) < 4.78 is 0. The zero-order valence-corrected chi connectivity index (χ0v) is 16.2. The van der Waals surface area contributed by atoms with Gasteiger partial charge in [-0.05, 0) is 61.5 Å². The molecule has 4 rings (SSSR count). The summed E-state index contributed by atoms with van der Waals surface area (Å²) in [5.74, 6) is 0.192. The van der Waals surface area contributed by atoms with Gasteiger partial charge in [0, 0.05) is 62.5 Å². The summed E-state index contributed by atoms with van der Waals surface area (Å²) in [5.41, 5.74) is 2.07. The lowest BCUT2D eigenvalue weighted by Crippen LogP contribution is -2.54. The fraction of sp³-hybridized carbons (Fsp3) is 0.500. The normalized spacial score (nSPS) is 22.3. The molecule has 1 atom stereocenters. The first-order valence-corrected chi connectivity index (χ1v) is 10.1. The van der Waals surface area contributed by atoms with E-state index in [2.05, 4.69) is 20.9 Å². The number of aromatic nitrogens is 2. The Balaban J connectivity index is 1.38. The first kappa shape index (κ1) is 19.0. The molecule has 0 bridgehead atoms. The van der Waals surface area contributed by atoms with Gasteiger partial charge in [-0.25, -0.2) is 0 Å². The number of rotatable bonds is 4. The minimum atomic E-state index is 0.0460. The highest BCUT2D eigenvalue weighted by Crippen LogP contribution is 2.45. The number of hydrogen-bond acceptors (Lipinski definition) is 5. The number of piperidine rings is 2. The number of carbonyl (C=O) groups is 1. The molecular formula is C22H28N4O2. The number of likely N-dealkylation sites (tertiary alicyclic amines) is 2. The highest BCUT2D eigenvalue weighted by molar-refractivity contribution is 5.94. The molecule has 2 aromatic rings. The summed E-state index contributed by atoms with van der Waals surface area (Å²) in [6.07, 6.45) is 10.2. The van der Waals surface area contributed by atoms with Crippen molar-refractivity contribution in [1.29, 1.82) is 0 Å². The zero-order chi connectivity index (χ0) is 19.4. The Morgan fingerprint density at radius 1 is 1.07 bits per heavy atom. The molecule has 0 saturated carbocycles. The monoisotopic (exact) mass is 380 g/mol.